The molecular formula is C17H24N2O3. The van der Waals surface area contributed by atoms with Gasteiger partial charge in [0, 0.05) is 44.5 Å². The van der Waals surface area contributed by atoms with Gasteiger partial charge in [0.25, 0.3) is 0 Å². The van der Waals surface area contributed by atoms with Crippen molar-refractivity contribution < 1.29 is 14.3 Å². The molecule has 0 spiro atoms. The topological polar surface area (TPSA) is 57.9 Å². The molecule has 2 heterocycles. The van der Waals surface area contributed by atoms with Crippen molar-refractivity contribution in [2.24, 2.45) is 0 Å². The lowest BCUT2D eigenvalue weighted by Gasteiger charge is -2.27. The molecule has 1 fully saturated rings. The second kappa shape index (κ2) is 7.13. The number of para-hydroxylation sites is 1. The lowest BCUT2D eigenvalue weighted by Crippen LogP contribution is -2.44. The Bertz CT molecular complexity index is 605. The van der Waals surface area contributed by atoms with E-state index in [1.165, 1.54) is 0 Å². The minimum absolute atomic E-state index is 0.374. The van der Waals surface area contributed by atoms with E-state index in [0.29, 0.717) is 6.42 Å². The summed E-state index contributed by atoms with van der Waals surface area (Å²) < 4.78 is 11.1. The Hall–Kier alpha value is -1.56. The summed E-state index contributed by atoms with van der Waals surface area (Å²) in [7, 11) is 1.64. The summed E-state index contributed by atoms with van der Waals surface area (Å²) in [5.41, 5.74) is 0.759. The first-order chi connectivity index (χ1) is 10.8. The number of piperazine rings is 1. The van der Waals surface area contributed by atoms with Crippen molar-refractivity contribution in [2.75, 3.05) is 39.8 Å². The molecule has 1 aromatic carbocycles. The summed E-state index contributed by atoms with van der Waals surface area (Å²) in [6.45, 7) is 5.15. The van der Waals surface area contributed by atoms with Gasteiger partial charge in [0.1, 0.15) is 5.76 Å². The van der Waals surface area contributed by atoms with Crippen LogP contribution in [0.25, 0.3) is 11.0 Å². The predicted molar refractivity (Wildman–Crippen MR) is 86.4 cm³/mol. The number of nitrogens with one attached hydrogen (secondary N) is 1. The lowest BCUT2D eigenvalue weighted by molar-refractivity contribution is 0.131. The van der Waals surface area contributed by atoms with Crippen LogP contribution in [0.5, 0.6) is 5.75 Å². The van der Waals surface area contributed by atoms with Gasteiger partial charge in [-0.25, -0.2) is 0 Å². The monoisotopic (exact) mass is 304 g/mol. The number of fused-ring (bicyclic) bond motifs is 1. The van der Waals surface area contributed by atoms with Crippen LogP contribution in [0.4, 0.5) is 0 Å². The second-order valence-corrected chi connectivity index (χ2v) is 5.83. The number of nitrogens with zero attached hydrogens (tertiary/aromatic N) is 1. The van der Waals surface area contributed by atoms with Crippen molar-refractivity contribution in [3.63, 3.8) is 0 Å². The standard InChI is InChI=1S/C17H24N2O3/c1-21-16-4-2-3-13-11-15(22-17(13)16)12-14(20)5-8-19-9-6-18-7-10-19/h2-4,11,14,18,20H,5-10,12H2,1H3. The fourth-order valence-corrected chi connectivity index (χ4v) is 2.95. The van der Waals surface area contributed by atoms with E-state index >= 15 is 0 Å². The van der Waals surface area contributed by atoms with Crippen LogP contribution in [-0.4, -0.2) is 55.9 Å². The molecule has 2 aromatic rings. The third-order valence-electron chi connectivity index (χ3n) is 4.20. The lowest BCUT2D eigenvalue weighted by atomic mass is 10.1. The summed E-state index contributed by atoms with van der Waals surface area (Å²) in [4.78, 5) is 2.39. The number of furan rings is 1. The number of aliphatic hydroxyl groups excluding tert-OH is 1. The van der Waals surface area contributed by atoms with Crippen molar-refractivity contribution >= 4 is 11.0 Å². The molecule has 5 heteroatoms. The van der Waals surface area contributed by atoms with Gasteiger partial charge in [0.15, 0.2) is 11.3 Å². The van der Waals surface area contributed by atoms with Gasteiger partial charge in [-0.05, 0) is 18.6 Å². The molecule has 1 aromatic heterocycles. The van der Waals surface area contributed by atoms with Crippen LogP contribution in [0, 0.1) is 0 Å². The first kappa shape index (κ1) is 15.3. The van der Waals surface area contributed by atoms with E-state index in [4.69, 9.17) is 9.15 Å². The van der Waals surface area contributed by atoms with Crippen LogP contribution in [0.3, 0.4) is 0 Å². The molecule has 1 aliphatic heterocycles. The average Bonchev–Trinajstić information content (AvgIpc) is 2.96. The highest BCUT2D eigenvalue weighted by molar-refractivity contribution is 5.83. The van der Waals surface area contributed by atoms with Crippen LogP contribution in [0.2, 0.25) is 0 Å². The third-order valence-corrected chi connectivity index (χ3v) is 4.20. The zero-order chi connectivity index (χ0) is 15.4. The number of rotatable bonds is 6. The summed E-state index contributed by atoms with van der Waals surface area (Å²) >= 11 is 0. The highest BCUT2D eigenvalue weighted by Gasteiger charge is 2.15. The number of aliphatic hydroxyl groups is 1. The SMILES string of the molecule is COc1cccc2cc(CC(O)CCN3CCNCC3)oc12. The van der Waals surface area contributed by atoms with E-state index in [1.807, 2.05) is 24.3 Å². The first-order valence-electron chi connectivity index (χ1n) is 7.93. The van der Waals surface area contributed by atoms with Crippen LogP contribution in [-0.2, 0) is 6.42 Å². The average molecular weight is 304 g/mol. The maximum atomic E-state index is 10.3. The Kier molecular flexibility index (Phi) is 4.97. The van der Waals surface area contributed by atoms with E-state index in [2.05, 4.69) is 10.2 Å². The molecule has 1 aliphatic rings. The zero-order valence-electron chi connectivity index (χ0n) is 13.0. The van der Waals surface area contributed by atoms with E-state index < -0.39 is 0 Å². The molecular weight excluding hydrogens is 280 g/mol. The quantitative estimate of drug-likeness (QED) is 0.850. The van der Waals surface area contributed by atoms with Gasteiger partial charge in [-0.1, -0.05) is 12.1 Å². The van der Waals surface area contributed by atoms with Gasteiger partial charge in [-0.2, -0.15) is 0 Å². The maximum absolute atomic E-state index is 10.3. The molecule has 1 unspecified atom stereocenters. The van der Waals surface area contributed by atoms with E-state index in [9.17, 15) is 5.11 Å². The molecule has 5 nitrogen and oxygen atoms in total. The molecule has 2 N–H and O–H groups in total. The smallest absolute Gasteiger partial charge is 0.176 e. The summed E-state index contributed by atoms with van der Waals surface area (Å²) in [5.74, 6) is 1.55. The fourth-order valence-electron chi connectivity index (χ4n) is 2.95. The summed E-state index contributed by atoms with van der Waals surface area (Å²) in [6.07, 6.45) is 0.944. The van der Waals surface area contributed by atoms with Crippen LogP contribution in [0.1, 0.15) is 12.2 Å². The van der Waals surface area contributed by atoms with E-state index in [-0.39, 0.29) is 6.10 Å². The Morgan fingerprint density at radius 2 is 2.18 bits per heavy atom. The normalized spacial score (nSPS) is 17.7. The predicted octanol–water partition coefficient (Wildman–Crippen LogP) is 1.64. The molecule has 0 bridgehead atoms. The number of methoxy groups -OCH3 is 1. The summed E-state index contributed by atoms with van der Waals surface area (Å²) in [5, 5.41) is 14.6. The van der Waals surface area contributed by atoms with Gasteiger partial charge < -0.3 is 24.5 Å². The molecule has 3 rings (SSSR count). The Balaban J connectivity index is 1.57. The van der Waals surface area contributed by atoms with Gasteiger partial charge in [0.05, 0.1) is 13.2 Å². The first-order valence-corrected chi connectivity index (χ1v) is 7.93. The minimum atomic E-state index is -0.374. The van der Waals surface area contributed by atoms with Crippen LogP contribution >= 0.6 is 0 Å². The number of hydrogen-bond donors (Lipinski definition) is 2. The summed E-state index contributed by atoms with van der Waals surface area (Å²) in [6, 6.07) is 7.82. The van der Waals surface area contributed by atoms with Gasteiger partial charge in [0.2, 0.25) is 0 Å². The molecule has 1 atom stereocenters. The number of benzene rings is 1. The van der Waals surface area contributed by atoms with Crippen molar-refractivity contribution in [2.45, 2.75) is 18.9 Å². The molecule has 0 aliphatic carbocycles. The van der Waals surface area contributed by atoms with Crippen molar-refractivity contribution in [1.82, 2.24) is 10.2 Å². The molecule has 0 amide bonds. The molecule has 1 saturated heterocycles. The van der Waals surface area contributed by atoms with Gasteiger partial charge >= 0.3 is 0 Å². The van der Waals surface area contributed by atoms with Gasteiger partial charge in [-0.3, -0.25) is 0 Å². The van der Waals surface area contributed by atoms with Crippen molar-refractivity contribution in [3.05, 3.63) is 30.0 Å². The van der Waals surface area contributed by atoms with Gasteiger partial charge in [-0.15, -0.1) is 0 Å². The molecule has 0 saturated carbocycles. The van der Waals surface area contributed by atoms with Crippen molar-refractivity contribution in [1.29, 1.82) is 0 Å². The largest absolute Gasteiger partial charge is 0.493 e. The Labute approximate surface area is 130 Å². The Morgan fingerprint density at radius 3 is 2.95 bits per heavy atom. The van der Waals surface area contributed by atoms with Crippen LogP contribution in [0.15, 0.2) is 28.7 Å². The number of hydrogen-bond acceptors (Lipinski definition) is 5. The number of ether oxygens (including phenoxy) is 1. The second-order valence-electron chi connectivity index (χ2n) is 5.83. The van der Waals surface area contributed by atoms with Crippen molar-refractivity contribution in [3.8, 4) is 5.75 Å². The fraction of sp³-hybridized carbons (Fsp3) is 0.529. The Morgan fingerprint density at radius 1 is 1.36 bits per heavy atom. The highest BCUT2D eigenvalue weighted by Crippen LogP contribution is 2.29. The molecule has 22 heavy (non-hydrogen) atoms. The minimum Gasteiger partial charge on any atom is -0.493 e. The molecule has 120 valence electrons. The molecule has 0 radical (unpaired) electrons. The van der Waals surface area contributed by atoms with E-state index in [1.54, 1.807) is 7.11 Å². The maximum Gasteiger partial charge on any atom is 0.176 e. The highest BCUT2D eigenvalue weighted by atomic mass is 16.5. The third kappa shape index (κ3) is 3.61. The zero-order valence-corrected chi connectivity index (χ0v) is 13.0. The van der Waals surface area contributed by atoms with Crippen LogP contribution < -0.4 is 10.1 Å². The van der Waals surface area contributed by atoms with E-state index in [0.717, 1.165) is 61.6 Å².